The van der Waals surface area contributed by atoms with E-state index >= 15 is 0 Å². The predicted molar refractivity (Wildman–Crippen MR) is 116 cm³/mol. The Hall–Kier alpha value is -2.86. The fourth-order valence-corrected chi connectivity index (χ4v) is 2.56. The second kappa shape index (κ2) is 11.8. The number of ether oxygens (including phenoxy) is 2. The van der Waals surface area contributed by atoms with Crippen molar-refractivity contribution >= 4 is 29.3 Å². The Labute approximate surface area is 171 Å². The highest BCUT2D eigenvalue weighted by Gasteiger charge is 2.07. The van der Waals surface area contributed by atoms with Crippen molar-refractivity contribution in [2.75, 3.05) is 13.7 Å². The largest absolute Gasteiger partial charge is 0.493 e. The van der Waals surface area contributed by atoms with Gasteiger partial charge in [-0.3, -0.25) is 10.1 Å². The van der Waals surface area contributed by atoms with Crippen molar-refractivity contribution in [1.82, 2.24) is 10.6 Å². The van der Waals surface area contributed by atoms with E-state index in [1.54, 1.807) is 13.2 Å². The van der Waals surface area contributed by atoms with E-state index in [1.165, 1.54) is 6.08 Å². The van der Waals surface area contributed by atoms with Gasteiger partial charge in [-0.05, 0) is 48.0 Å². The van der Waals surface area contributed by atoms with Crippen LogP contribution in [0.1, 0.15) is 30.9 Å². The van der Waals surface area contributed by atoms with Crippen LogP contribution >= 0.6 is 12.2 Å². The summed E-state index contributed by atoms with van der Waals surface area (Å²) in [6, 6.07) is 15.3. The molecule has 1 amide bonds. The van der Waals surface area contributed by atoms with Crippen LogP contribution in [0.3, 0.4) is 0 Å². The van der Waals surface area contributed by atoms with Gasteiger partial charge in [-0.15, -0.1) is 0 Å². The summed E-state index contributed by atoms with van der Waals surface area (Å²) < 4.78 is 11.1. The highest BCUT2D eigenvalue weighted by atomic mass is 32.1. The summed E-state index contributed by atoms with van der Waals surface area (Å²) in [6.07, 6.45) is 5.27. The molecule has 0 spiro atoms. The number of carbonyl (C=O) groups excluding carboxylic acids is 1. The Morgan fingerprint density at radius 1 is 1.14 bits per heavy atom. The van der Waals surface area contributed by atoms with E-state index < -0.39 is 0 Å². The zero-order chi connectivity index (χ0) is 20.2. The van der Waals surface area contributed by atoms with Gasteiger partial charge in [0.05, 0.1) is 13.7 Å². The van der Waals surface area contributed by atoms with Crippen LogP contribution in [0, 0.1) is 0 Å². The summed E-state index contributed by atoms with van der Waals surface area (Å²) in [4.78, 5) is 11.9. The summed E-state index contributed by atoms with van der Waals surface area (Å²) in [5.41, 5.74) is 1.92. The maximum atomic E-state index is 11.9. The minimum absolute atomic E-state index is 0.268. The first-order valence-electron chi connectivity index (χ1n) is 9.24. The normalized spacial score (nSPS) is 10.5. The van der Waals surface area contributed by atoms with Gasteiger partial charge in [-0.1, -0.05) is 49.7 Å². The lowest BCUT2D eigenvalue weighted by atomic mass is 10.2. The van der Waals surface area contributed by atoms with Gasteiger partial charge in [0, 0.05) is 12.6 Å². The molecule has 0 aliphatic carbocycles. The molecule has 0 saturated heterocycles. The summed E-state index contributed by atoms with van der Waals surface area (Å²) in [7, 11) is 1.61. The first-order chi connectivity index (χ1) is 13.6. The lowest BCUT2D eigenvalue weighted by Gasteiger charge is -2.13. The molecule has 0 heterocycles. The standard InChI is InChI=1S/C22H26N2O3S/c1-3-4-14-27-19-12-10-18(15-20(19)26-2)16-23-22(28)24-21(25)13-11-17-8-6-5-7-9-17/h5-13,15H,3-4,14,16H2,1-2H3,(H2,23,24,25,28)/b13-11+. The Morgan fingerprint density at radius 3 is 2.64 bits per heavy atom. The van der Waals surface area contributed by atoms with Crippen molar-refractivity contribution in [2.24, 2.45) is 0 Å². The molecule has 0 atom stereocenters. The van der Waals surface area contributed by atoms with Gasteiger partial charge in [-0.2, -0.15) is 0 Å². The van der Waals surface area contributed by atoms with Crippen molar-refractivity contribution in [2.45, 2.75) is 26.3 Å². The number of carbonyl (C=O) groups is 1. The molecule has 2 N–H and O–H groups in total. The zero-order valence-corrected chi connectivity index (χ0v) is 17.1. The third kappa shape index (κ3) is 7.40. The number of unbranched alkanes of at least 4 members (excludes halogenated alkanes) is 1. The summed E-state index contributed by atoms with van der Waals surface area (Å²) in [5, 5.41) is 5.92. The van der Waals surface area contributed by atoms with Crippen LogP contribution in [0.4, 0.5) is 0 Å². The van der Waals surface area contributed by atoms with E-state index in [9.17, 15) is 4.79 Å². The number of rotatable bonds is 9. The number of nitrogens with one attached hydrogen (secondary N) is 2. The highest BCUT2D eigenvalue weighted by molar-refractivity contribution is 7.80. The molecule has 2 aromatic carbocycles. The van der Waals surface area contributed by atoms with Crippen LogP contribution < -0.4 is 20.1 Å². The number of thiocarbonyl (C=S) groups is 1. The molecule has 0 aliphatic rings. The average Bonchev–Trinajstić information content (AvgIpc) is 2.72. The maximum Gasteiger partial charge on any atom is 0.250 e. The molecule has 0 aromatic heterocycles. The van der Waals surface area contributed by atoms with Crippen molar-refractivity contribution in [3.05, 3.63) is 65.7 Å². The van der Waals surface area contributed by atoms with E-state index in [4.69, 9.17) is 21.7 Å². The molecule has 0 unspecified atom stereocenters. The summed E-state index contributed by atoms with van der Waals surface area (Å²) in [5.74, 6) is 1.12. The fourth-order valence-electron chi connectivity index (χ4n) is 2.38. The molecule has 0 aliphatic heterocycles. The summed E-state index contributed by atoms with van der Waals surface area (Å²) >= 11 is 5.19. The molecule has 5 nitrogen and oxygen atoms in total. The van der Waals surface area contributed by atoms with Crippen molar-refractivity contribution < 1.29 is 14.3 Å². The van der Waals surface area contributed by atoms with Gasteiger partial charge < -0.3 is 14.8 Å². The average molecular weight is 399 g/mol. The van der Waals surface area contributed by atoms with Gasteiger partial charge in [-0.25, -0.2) is 0 Å². The van der Waals surface area contributed by atoms with Crippen LogP contribution in [0.5, 0.6) is 11.5 Å². The highest BCUT2D eigenvalue weighted by Crippen LogP contribution is 2.28. The number of benzene rings is 2. The molecule has 6 heteroatoms. The van der Waals surface area contributed by atoms with Gasteiger partial charge in [0.15, 0.2) is 16.6 Å². The van der Waals surface area contributed by atoms with Crippen molar-refractivity contribution in [3.8, 4) is 11.5 Å². The molecular formula is C22H26N2O3S. The minimum Gasteiger partial charge on any atom is -0.493 e. The molecule has 148 valence electrons. The lowest BCUT2D eigenvalue weighted by molar-refractivity contribution is -0.115. The van der Waals surface area contributed by atoms with E-state index in [0.29, 0.717) is 18.9 Å². The zero-order valence-electron chi connectivity index (χ0n) is 16.2. The van der Waals surface area contributed by atoms with Gasteiger partial charge in [0.1, 0.15) is 0 Å². The maximum absolute atomic E-state index is 11.9. The van der Waals surface area contributed by atoms with Gasteiger partial charge >= 0.3 is 0 Å². The second-order valence-electron chi connectivity index (χ2n) is 6.10. The third-order valence-corrected chi connectivity index (χ3v) is 4.15. The first-order valence-corrected chi connectivity index (χ1v) is 9.65. The van der Waals surface area contributed by atoms with E-state index in [-0.39, 0.29) is 11.0 Å². The molecule has 0 radical (unpaired) electrons. The Morgan fingerprint density at radius 2 is 1.93 bits per heavy atom. The number of hydrogen-bond donors (Lipinski definition) is 2. The predicted octanol–water partition coefficient (Wildman–Crippen LogP) is 4.08. The van der Waals surface area contributed by atoms with Crippen LogP contribution in [-0.4, -0.2) is 24.7 Å². The third-order valence-electron chi connectivity index (χ3n) is 3.90. The lowest BCUT2D eigenvalue weighted by Crippen LogP contribution is -2.37. The molecule has 0 saturated carbocycles. The van der Waals surface area contributed by atoms with Crippen molar-refractivity contribution in [3.63, 3.8) is 0 Å². The van der Waals surface area contributed by atoms with Crippen molar-refractivity contribution in [1.29, 1.82) is 0 Å². The molecule has 2 rings (SSSR count). The molecule has 0 bridgehead atoms. The smallest absolute Gasteiger partial charge is 0.250 e. The van der Waals surface area contributed by atoms with E-state index in [0.717, 1.165) is 29.7 Å². The molecule has 0 fully saturated rings. The Bertz CT molecular complexity index is 807. The monoisotopic (exact) mass is 398 g/mol. The topological polar surface area (TPSA) is 59.6 Å². The fraction of sp³-hybridized carbons (Fsp3) is 0.273. The first kappa shape index (κ1) is 21.4. The van der Waals surface area contributed by atoms with Gasteiger partial charge in [0.2, 0.25) is 5.91 Å². The number of amides is 1. The number of methoxy groups -OCH3 is 1. The van der Waals surface area contributed by atoms with Crippen LogP contribution in [0.25, 0.3) is 6.08 Å². The molecule has 2 aromatic rings. The second-order valence-corrected chi connectivity index (χ2v) is 6.51. The van der Waals surface area contributed by atoms with E-state index in [1.807, 2.05) is 48.5 Å². The molecule has 28 heavy (non-hydrogen) atoms. The van der Waals surface area contributed by atoms with Crippen LogP contribution in [0.2, 0.25) is 0 Å². The van der Waals surface area contributed by atoms with E-state index in [2.05, 4.69) is 17.6 Å². The number of hydrogen-bond acceptors (Lipinski definition) is 4. The SMILES string of the molecule is CCCCOc1ccc(CNC(=S)NC(=O)/C=C/c2ccccc2)cc1OC. The van der Waals surface area contributed by atoms with Gasteiger partial charge in [0.25, 0.3) is 0 Å². The quantitative estimate of drug-likeness (QED) is 0.379. The molecular weight excluding hydrogens is 372 g/mol. The Kier molecular flexibility index (Phi) is 9.01. The Balaban J connectivity index is 1.83. The van der Waals surface area contributed by atoms with Crippen LogP contribution in [-0.2, 0) is 11.3 Å². The minimum atomic E-state index is -0.279. The summed E-state index contributed by atoms with van der Waals surface area (Å²) in [6.45, 7) is 3.25. The van der Waals surface area contributed by atoms with Crippen LogP contribution in [0.15, 0.2) is 54.6 Å².